The van der Waals surface area contributed by atoms with Gasteiger partial charge in [-0.2, -0.15) is 0 Å². The number of hydrogen-bond acceptors (Lipinski definition) is 2. The Morgan fingerprint density at radius 2 is 1.95 bits per heavy atom. The van der Waals surface area contributed by atoms with Crippen molar-refractivity contribution in [1.82, 2.24) is 9.55 Å². The molecule has 0 unspecified atom stereocenters. The topological polar surface area (TPSA) is 29.9 Å². The Balaban J connectivity index is 1.68. The number of anilines is 1. The molecule has 0 saturated carbocycles. The Labute approximate surface area is 123 Å². The summed E-state index contributed by atoms with van der Waals surface area (Å²) in [5, 5.41) is 3.24. The van der Waals surface area contributed by atoms with Gasteiger partial charge in [-0.25, -0.2) is 9.37 Å². The number of benzene rings is 2. The van der Waals surface area contributed by atoms with E-state index in [9.17, 15) is 4.39 Å². The first kappa shape index (κ1) is 13.4. The van der Waals surface area contributed by atoms with Crippen molar-refractivity contribution in [2.24, 2.45) is 0 Å². The van der Waals surface area contributed by atoms with Gasteiger partial charge >= 0.3 is 0 Å². The van der Waals surface area contributed by atoms with Crippen LogP contribution in [0.15, 0.2) is 61.2 Å². The van der Waals surface area contributed by atoms with Gasteiger partial charge in [-0.15, -0.1) is 0 Å². The van der Waals surface area contributed by atoms with Crippen LogP contribution < -0.4 is 5.32 Å². The van der Waals surface area contributed by atoms with Crippen molar-refractivity contribution in [3.63, 3.8) is 0 Å². The van der Waals surface area contributed by atoms with Gasteiger partial charge in [0.05, 0.1) is 6.33 Å². The molecule has 0 saturated heterocycles. The molecule has 0 aliphatic heterocycles. The van der Waals surface area contributed by atoms with E-state index in [-0.39, 0.29) is 5.82 Å². The van der Waals surface area contributed by atoms with Crippen molar-refractivity contribution < 1.29 is 4.39 Å². The Hall–Kier alpha value is -2.62. The minimum Gasteiger partial charge on any atom is -0.381 e. The Morgan fingerprint density at radius 1 is 1.14 bits per heavy atom. The van der Waals surface area contributed by atoms with E-state index in [0.29, 0.717) is 6.54 Å². The van der Waals surface area contributed by atoms with Crippen molar-refractivity contribution >= 4 is 5.69 Å². The minimum absolute atomic E-state index is 0.215. The Morgan fingerprint density at radius 3 is 2.62 bits per heavy atom. The van der Waals surface area contributed by atoms with Gasteiger partial charge in [0, 0.05) is 30.3 Å². The highest BCUT2D eigenvalue weighted by Crippen LogP contribution is 2.15. The second-order valence-corrected chi connectivity index (χ2v) is 5.01. The van der Waals surface area contributed by atoms with Gasteiger partial charge in [0.1, 0.15) is 5.82 Å². The molecule has 0 fully saturated rings. The monoisotopic (exact) mass is 281 g/mol. The lowest BCUT2D eigenvalue weighted by Crippen LogP contribution is -2.00. The zero-order chi connectivity index (χ0) is 14.7. The number of nitrogens with zero attached hydrogens (tertiary/aromatic N) is 2. The predicted octanol–water partition coefficient (Wildman–Crippen LogP) is 3.93. The first-order valence-electron chi connectivity index (χ1n) is 6.79. The van der Waals surface area contributed by atoms with Crippen LogP contribution in [0.4, 0.5) is 10.1 Å². The number of nitrogens with one attached hydrogen (secondary N) is 1. The summed E-state index contributed by atoms with van der Waals surface area (Å²) in [4.78, 5) is 4.03. The van der Waals surface area contributed by atoms with Crippen LogP contribution in [0.25, 0.3) is 5.69 Å². The summed E-state index contributed by atoms with van der Waals surface area (Å²) in [5.41, 5.74) is 3.91. The van der Waals surface area contributed by atoms with Gasteiger partial charge in [-0.3, -0.25) is 0 Å². The van der Waals surface area contributed by atoms with Gasteiger partial charge in [0.2, 0.25) is 0 Å². The largest absolute Gasteiger partial charge is 0.381 e. The molecule has 4 heteroatoms. The maximum atomic E-state index is 13.3. The van der Waals surface area contributed by atoms with Crippen LogP contribution in [0.3, 0.4) is 0 Å². The highest BCUT2D eigenvalue weighted by molar-refractivity contribution is 5.47. The van der Waals surface area contributed by atoms with E-state index >= 15 is 0 Å². The molecular weight excluding hydrogens is 265 g/mol. The quantitative estimate of drug-likeness (QED) is 0.785. The molecule has 1 N–H and O–H groups in total. The van der Waals surface area contributed by atoms with Crippen LogP contribution in [-0.4, -0.2) is 9.55 Å². The third kappa shape index (κ3) is 3.28. The molecule has 0 spiro atoms. The molecule has 3 nitrogen and oxygen atoms in total. The molecule has 0 bridgehead atoms. The molecule has 3 rings (SSSR count). The Bertz CT molecular complexity index is 698. The van der Waals surface area contributed by atoms with E-state index in [1.807, 2.05) is 35.9 Å². The summed E-state index contributed by atoms with van der Waals surface area (Å²) in [6, 6.07) is 13.1. The van der Waals surface area contributed by atoms with Crippen LogP contribution >= 0.6 is 0 Å². The fraction of sp³-hybridized carbons (Fsp3) is 0.118. The molecule has 0 amide bonds. The summed E-state index contributed by atoms with van der Waals surface area (Å²) in [7, 11) is 0. The first-order chi connectivity index (χ1) is 10.2. The molecule has 0 atom stereocenters. The molecular formula is C17H16FN3. The second-order valence-electron chi connectivity index (χ2n) is 5.01. The van der Waals surface area contributed by atoms with E-state index in [2.05, 4.69) is 22.4 Å². The molecule has 106 valence electrons. The fourth-order valence-electron chi connectivity index (χ4n) is 2.24. The van der Waals surface area contributed by atoms with E-state index < -0.39 is 0 Å². The van der Waals surface area contributed by atoms with E-state index in [4.69, 9.17) is 0 Å². The maximum absolute atomic E-state index is 13.3. The van der Waals surface area contributed by atoms with Gasteiger partial charge in [-0.1, -0.05) is 12.1 Å². The highest BCUT2D eigenvalue weighted by Gasteiger charge is 2.00. The molecule has 2 aromatic carbocycles. The van der Waals surface area contributed by atoms with Crippen LogP contribution in [-0.2, 0) is 6.54 Å². The average molecular weight is 281 g/mol. The number of hydrogen-bond donors (Lipinski definition) is 1. The van der Waals surface area contributed by atoms with E-state index in [0.717, 1.165) is 22.5 Å². The van der Waals surface area contributed by atoms with Crippen LogP contribution in [0.1, 0.15) is 11.1 Å². The lowest BCUT2D eigenvalue weighted by Gasteiger charge is -2.09. The normalized spacial score (nSPS) is 10.6. The zero-order valence-corrected chi connectivity index (χ0v) is 11.8. The molecule has 0 radical (unpaired) electrons. The van der Waals surface area contributed by atoms with Crippen molar-refractivity contribution in [3.8, 4) is 5.69 Å². The Kier molecular flexibility index (Phi) is 3.69. The SMILES string of the molecule is Cc1cc(F)cc(NCc2ccc(-n3ccnc3)cc2)c1. The van der Waals surface area contributed by atoms with Crippen molar-refractivity contribution in [3.05, 3.63) is 78.1 Å². The van der Waals surface area contributed by atoms with Crippen LogP contribution in [0, 0.1) is 12.7 Å². The summed E-state index contributed by atoms with van der Waals surface area (Å²) >= 11 is 0. The smallest absolute Gasteiger partial charge is 0.125 e. The molecule has 0 aliphatic rings. The summed E-state index contributed by atoms with van der Waals surface area (Å²) in [6.45, 7) is 2.54. The van der Waals surface area contributed by atoms with Crippen molar-refractivity contribution in [2.75, 3.05) is 5.32 Å². The van der Waals surface area contributed by atoms with Gasteiger partial charge in [-0.05, 0) is 48.4 Å². The molecule has 1 heterocycles. The molecule has 3 aromatic rings. The van der Waals surface area contributed by atoms with Crippen molar-refractivity contribution in [1.29, 1.82) is 0 Å². The second kappa shape index (κ2) is 5.79. The van der Waals surface area contributed by atoms with E-state index in [1.165, 1.54) is 12.1 Å². The predicted molar refractivity (Wildman–Crippen MR) is 82.0 cm³/mol. The van der Waals surface area contributed by atoms with E-state index in [1.54, 1.807) is 12.5 Å². The first-order valence-corrected chi connectivity index (χ1v) is 6.79. The van der Waals surface area contributed by atoms with Gasteiger partial charge in [0.15, 0.2) is 0 Å². The molecule has 21 heavy (non-hydrogen) atoms. The van der Waals surface area contributed by atoms with Crippen LogP contribution in [0.5, 0.6) is 0 Å². The van der Waals surface area contributed by atoms with Crippen molar-refractivity contribution in [2.45, 2.75) is 13.5 Å². The summed E-state index contributed by atoms with van der Waals surface area (Å²) in [5.74, 6) is -0.215. The lowest BCUT2D eigenvalue weighted by atomic mass is 10.2. The van der Waals surface area contributed by atoms with Gasteiger partial charge < -0.3 is 9.88 Å². The number of aryl methyl sites for hydroxylation is 1. The zero-order valence-electron chi connectivity index (χ0n) is 11.8. The average Bonchev–Trinajstić information content (AvgIpc) is 2.99. The standard InChI is InChI=1S/C17H16FN3/c1-13-8-15(18)10-16(9-13)20-11-14-2-4-17(5-3-14)21-7-6-19-12-21/h2-10,12,20H,11H2,1H3. The summed E-state index contributed by atoms with van der Waals surface area (Å²) in [6.07, 6.45) is 5.42. The van der Waals surface area contributed by atoms with Gasteiger partial charge in [0.25, 0.3) is 0 Å². The number of rotatable bonds is 4. The molecule has 1 aromatic heterocycles. The maximum Gasteiger partial charge on any atom is 0.125 e. The lowest BCUT2D eigenvalue weighted by molar-refractivity contribution is 0.627. The minimum atomic E-state index is -0.215. The third-order valence-corrected chi connectivity index (χ3v) is 3.28. The number of imidazole rings is 1. The number of aromatic nitrogens is 2. The third-order valence-electron chi connectivity index (χ3n) is 3.28. The van der Waals surface area contributed by atoms with Crippen LogP contribution in [0.2, 0.25) is 0 Å². The summed E-state index contributed by atoms with van der Waals surface area (Å²) < 4.78 is 15.3. The number of halogens is 1. The molecule has 0 aliphatic carbocycles. The fourth-order valence-corrected chi connectivity index (χ4v) is 2.24. The highest BCUT2D eigenvalue weighted by atomic mass is 19.1.